The monoisotopic (exact) mass is 180 g/mol. The number of pyridine rings is 1. The lowest BCUT2D eigenvalue weighted by molar-refractivity contribution is 0.132. The first kappa shape index (κ1) is 10.2. The average Bonchev–Trinajstić information content (AvgIpc) is 2.18. The van der Waals surface area contributed by atoms with Crippen LogP contribution < -0.4 is 5.73 Å². The molecule has 1 rings (SSSR count). The summed E-state index contributed by atoms with van der Waals surface area (Å²) >= 11 is 0. The molecule has 3 heteroatoms. The molecule has 0 amide bonds. The zero-order chi connectivity index (χ0) is 9.90. The van der Waals surface area contributed by atoms with E-state index >= 15 is 0 Å². The lowest BCUT2D eigenvalue weighted by Gasteiger charge is -2.29. The van der Waals surface area contributed by atoms with E-state index in [2.05, 4.69) is 4.98 Å². The lowest BCUT2D eigenvalue weighted by atomic mass is 9.82. The van der Waals surface area contributed by atoms with Crippen LogP contribution in [0.2, 0.25) is 0 Å². The highest BCUT2D eigenvalue weighted by Crippen LogP contribution is 2.29. The molecule has 0 fully saturated rings. The third-order valence-electron chi connectivity index (χ3n) is 2.31. The van der Waals surface area contributed by atoms with E-state index in [1.165, 1.54) is 0 Å². The molecule has 0 aromatic carbocycles. The second-order valence-electron chi connectivity index (χ2n) is 3.90. The number of aliphatic hydroxyl groups excluding tert-OH is 1. The molecule has 3 N–H and O–H groups in total. The fourth-order valence-corrected chi connectivity index (χ4v) is 1.12. The van der Waals surface area contributed by atoms with Crippen LogP contribution in [0.4, 0.5) is 0 Å². The number of aromatic nitrogens is 1. The molecule has 0 radical (unpaired) electrons. The summed E-state index contributed by atoms with van der Waals surface area (Å²) in [5, 5.41) is 9.13. The molecule has 0 aliphatic rings. The average molecular weight is 180 g/mol. The standard InChI is InChI=1S/C10H16N2O/c1-10(2,7-13)9(11)8-3-5-12-6-4-8/h3-6,9,13H,7,11H2,1-2H3/t9-/m0/s1. The molecule has 0 saturated heterocycles. The van der Waals surface area contributed by atoms with E-state index in [1.807, 2.05) is 26.0 Å². The van der Waals surface area contributed by atoms with Crippen molar-refractivity contribution < 1.29 is 5.11 Å². The van der Waals surface area contributed by atoms with Crippen molar-refractivity contribution >= 4 is 0 Å². The molecule has 72 valence electrons. The van der Waals surface area contributed by atoms with Gasteiger partial charge in [-0.2, -0.15) is 0 Å². The van der Waals surface area contributed by atoms with Crippen LogP contribution in [0, 0.1) is 5.41 Å². The van der Waals surface area contributed by atoms with E-state index in [0.29, 0.717) is 0 Å². The zero-order valence-electron chi connectivity index (χ0n) is 8.07. The summed E-state index contributed by atoms with van der Waals surface area (Å²) in [7, 11) is 0. The van der Waals surface area contributed by atoms with Gasteiger partial charge in [-0.3, -0.25) is 4.98 Å². The van der Waals surface area contributed by atoms with Gasteiger partial charge in [-0.1, -0.05) is 13.8 Å². The molecule has 13 heavy (non-hydrogen) atoms. The van der Waals surface area contributed by atoms with Crippen molar-refractivity contribution in [2.24, 2.45) is 11.1 Å². The van der Waals surface area contributed by atoms with Gasteiger partial charge in [0.1, 0.15) is 0 Å². The Bertz CT molecular complexity index is 259. The Morgan fingerprint density at radius 3 is 2.46 bits per heavy atom. The molecule has 0 bridgehead atoms. The van der Waals surface area contributed by atoms with E-state index < -0.39 is 0 Å². The summed E-state index contributed by atoms with van der Waals surface area (Å²) in [5.74, 6) is 0. The van der Waals surface area contributed by atoms with Crippen LogP contribution in [0.1, 0.15) is 25.5 Å². The summed E-state index contributed by atoms with van der Waals surface area (Å²) < 4.78 is 0. The fourth-order valence-electron chi connectivity index (χ4n) is 1.12. The molecule has 0 aliphatic heterocycles. The first-order chi connectivity index (χ1) is 6.08. The van der Waals surface area contributed by atoms with E-state index in [9.17, 15) is 0 Å². The van der Waals surface area contributed by atoms with Crippen LogP contribution in [-0.2, 0) is 0 Å². The SMILES string of the molecule is CC(C)(CO)[C@@H](N)c1ccncc1. The summed E-state index contributed by atoms with van der Waals surface area (Å²) in [6.07, 6.45) is 3.42. The molecule has 1 heterocycles. The van der Waals surface area contributed by atoms with E-state index in [-0.39, 0.29) is 18.1 Å². The highest BCUT2D eigenvalue weighted by Gasteiger charge is 2.26. The minimum atomic E-state index is -0.290. The van der Waals surface area contributed by atoms with Gasteiger partial charge in [-0.05, 0) is 17.7 Å². The Morgan fingerprint density at radius 1 is 1.46 bits per heavy atom. The molecule has 1 atom stereocenters. The van der Waals surface area contributed by atoms with Crippen molar-refractivity contribution in [1.82, 2.24) is 4.98 Å². The molecule has 0 unspecified atom stereocenters. The van der Waals surface area contributed by atoms with Crippen molar-refractivity contribution in [2.75, 3.05) is 6.61 Å². The van der Waals surface area contributed by atoms with Gasteiger partial charge in [-0.15, -0.1) is 0 Å². The third-order valence-corrected chi connectivity index (χ3v) is 2.31. The van der Waals surface area contributed by atoms with Crippen LogP contribution >= 0.6 is 0 Å². The second-order valence-corrected chi connectivity index (χ2v) is 3.90. The topological polar surface area (TPSA) is 59.1 Å². The predicted octanol–water partition coefficient (Wildman–Crippen LogP) is 1.10. The number of hydrogen-bond acceptors (Lipinski definition) is 3. The van der Waals surface area contributed by atoms with Crippen LogP contribution in [-0.4, -0.2) is 16.7 Å². The number of hydrogen-bond donors (Lipinski definition) is 2. The van der Waals surface area contributed by atoms with Crippen molar-refractivity contribution in [2.45, 2.75) is 19.9 Å². The van der Waals surface area contributed by atoms with Gasteiger partial charge in [0.25, 0.3) is 0 Å². The van der Waals surface area contributed by atoms with E-state index in [1.54, 1.807) is 12.4 Å². The smallest absolute Gasteiger partial charge is 0.0500 e. The Labute approximate surface area is 78.6 Å². The molecule has 3 nitrogen and oxygen atoms in total. The molecular formula is C10H16N2O. The van der Waals surface area contributed by atoms with Crippen molar-refractivity contribution in [3.63, 3.8) is 0 Å². The Kier molecular flexibility index (Phi) is 3.01. The first-order valence-electron chi connectivity index (χ1n) is 4.34. The van der Waals surface area contributed by atoms with Gasteiger partial charge in [0.2, 0.25) is 0 Å². The molecule has 1 aromatic rings. The maximum atomic E-state index is 9.13. The third kappa shape index (κ3) is 2.26. The largest absolute Gasteiger partial charge is 0.396 e. The van der Waals surface area contributed by atoms with Gasteiger partial charge in [0.05, 0.1) is 0 Å². The minimum absolute atomic E-state index is 0.0799. The summed E-state index contributed by atoms with van der Waals surface area (Å²) in [6.45, 7) is 3.96. The van der Waals surface area contributed by atoms with Gasteiger partial charge in [0.15, 0.2) is 0 Å². The Balaban J connectivity index is 2.85. The van der Waals surface area contributed by atoms with Crippen LogP contribution in [0.5, 0.6) is 0 Å². The minimum Gasteiger partial charge on any atom is -0.396 e. The number of nitrogens with zero attached hydrogens (tertiary/aromatic N) is 1. The Morgan fingerprint density at radius 2 is 2.00 bits per heavy atom. The highest BCUT2D eigenvalue weighted by molar-refractivity contribution is 5.16. The molecule has 0 aliphatic carbocycles. The van der Waals surface area contributed by atoms with Crippen molar-refractivity contribution in [1.29, 1.82) is 0 Å². The van der Waals surface area contributed by atoms with Crippen LogP contribution in [0.3, 0.4) is 0 Å². The summed E-state index contributed by atoms with van der Waals surface area (Å²) in [4.78, 5) is 3.92. The summed E-state index contributed by atoms with van der Waals surface area (Å²) in [5.41, 5.74) is 6.71. The quantitative estimate of drug-likeness (QED) is 0.732. The highest BCUT2D eigenvalue weighted by atomic mass is 16.3. The number of rotatable bonds is 3. The summed E-state index contributed by atoms with van der Waals surface area (Å²) in [6, 6.07) is 3.60. The zero-order valence-corrected chi connectivity index (χ0v) is 8.07. The van der Waals surface area contributed by atoms with Gasteiger partial charge >= 0.3 is 0 Å². The maximum Gasteiger partial charge on any atom is 0.0500 e. The predicted molar refractivity (Wildman–Crippen MR) is 52.0 cm³/mol. The Hall–Kier alpha value is -0.930. The van der Waals surface area contributed by atoms with E-state index in [0.717, 1.165) is 5.56 Å². The maximum absolute atomic E-state index is 9.13. The molecule has 1 aromatic heterocycles. The molecule has 0 spiro atoms. The normalized spacial score (nSPS) is 14.2. The fraction of sp³-hybridized carbons (Fsp3) is 0.500. The van der Waals surface area contributed by atoms with Crippen molar-refractivity contribution in [3.05, 3.63) is 30.1 Å². The first-order valence-corrected chi connectivity index (χ1v) is 4.34. The second kappa shape index (κ2) is 3.85. The number of aliphatic hydroxyl groups is 1. The lowest BCUT2D eigenvalue weighted by Crippen LogP contribution is -2.32. The van der Waals surface area contributed by atoms with E-state index in [4.69, 9.17) is 10.8 Å². The van der Waals surface area contributed by atoms with Crippen molar-refractivity contribution in [3.8, 4) is 0 Å². The van der Waals surface area contributed by atoms with Gasteiger partial charge in [0, 0.05) is 30.5 Å². The molecular weight excluding hydrogens is 164 g/mol. The van der Waals surface area contributed by atoms with Crippen LogP contribution in [0.15, 0.2) is 24.5 Å². The van der Waals surface area contributed by atoms with Gasteiger partial charge in [-0.25, -0.2) is 0 Å². The van der Waals surface area contributed by atoms with Gasteiger partial charge < -0.3 is 10.8 Å². The molecule has 0 saturated carbocycles. The van der Waals surface area contributed by atoms with Crippen LogP contribution in [0.25, 0.3) is 0 Å². The number of nitrogens with two attached hydrogens (primary N) is 1.